The standard InChI is InChI=1S/C18H18O2.C12H13NO3S.C10H18N2O3/c1-13(15-7-5-4-6-8-15)12-18(19)17-10-9-16(20-3)11-14(17)2;1-2-9-8-11(9)12(14)13-17(15,16)10-6-4-3-5-7-10;1-10(2,3)15-9(14)12-6-4-5-7(12)8(11)13/h4-12,19H,1H2,2-3H3;2-7,9,11H,1,8H2,(H,13,14);7H,4-6H2,1-3H3,(H2,11,13)/b18-12+;;. The number of carbonyl (C=O) groups excluding carboxylic acids is 3. The van der Waals surface area contributed by atoms with Gasteiger partial charge in [0, 0.05) is 18.0 Å². The van der Waals surface area contributed by atoms with Crippen LogP contribution in [-0.4, -0.2) is 61.6 Å². The smallest absolute Gasteiger partial charge is 0.410 e. The molecule has 0 aromatic heterocycles. The zero-order chi connectivity index (χ0) is 38.6. The van der Waals surface area contributed by atoms with Crippen LogP contribution in [0.15, 0.2) is 109 Å². The molecule has 1 aliphatic heterocycles. The third-order valence-corrected chi connectivity index (χ3v) is 9.50. The van der Waals surface area contributed by atoms with Gasteiger partial charge in [0.15, 0.2) is 0 Å². The molecule has 12 heteroatoms. The monoisotopic (exact) mass is 731 g/mol. The number of ether oxygens (including phenoxy) is 2. The van der Waals surface area contributed by atoms with Crippen molar-refractivity contribution in [3.63, 3.8) is 0 Å². The first-order chi connectivity index (χ1) is 24.5. The highest BCUT2D eigenvalue weighted by molar-refractivity contribution is 7.90. The van der Waals surface area contributed by atoms with E-state index in [0.717, 1.165) is 34.4 Å². The Hall–Kier alpha value is -5.36. The molecule has 278 valence electrons. The number of hydrogen-bond acceptors (Lipinski definition) is 8. The maximum Gasteiger partial charge on any atom is 0.410 e. The molecule has 52 heavy (non-hydrogen) atoms. The van der Waals surface area contributed by atoms with Gasteiger partial charge >= 0.3 is 6.09 Å². The van der Waals surface area contributed by atoms with Crippen LogP contribution in [0.4, 0.5) is 4.79 Å². The Labute approximate surface area is 306 Å². The fourth-order valence-electron chi connectivity index (χ4n) is 5.27. The van der Waals surface area contributed by atoms with Crippen molar-refractivity contribution >= 4 is 39.3 Å². The zero-order valence-corrected chi connectivity index (χ0v) is 31.2. The van der Waals surface area contributed by atoms with Gasteiger partial charge in [0.2, 0.25) is 11.8 Å². The number of carbonyl (C=O) groups is 3. The molecule has 1 heterocycles. The van der Waals surface area contributed by atoms with Crippen LogP contribution in [0.1, 0.15) is 56.7 Å². The minimum atomic E-state index is -3.73. The van der Waals surface area contributed by atoms with E-state index in [1.807, 2.05) is 55.5 Å². The van der Waals surface area contributed by atoms with Gasteiger partial charge in [-0.25, -0.2) is 17.9 Å². The molecule has 3 unspecified atom stereocenters. The second-order valence-electron chi connectivity index (χ2n) is 13.4. The molecule has 11 nitrogen and oxygen atoms in total. The van der Waals surface area contributed by atoms with E-state index in [9.17, 15) is 27.9 Å². The second kappa shape index (κ2) is 18.2. The van der Waals surface area contributed by atoms with Gasteiger partial charge in [-0.05, 0) is 106 Å². The Morgan fingerprint density at radius 1 is 1.02 bits per heavy atom. The number of amides is 3. The minimum Gasteiger partial charge on any atom is -0.507 e. The third-order valence-electron chi connectivity index (χ3n) is 8.14. The topological polar surface area (TPSA) is 165 Å². The maximum atomic E-state index is 11.8. The molecular formula is C40H49N3O8S. The van der Waals surface area contributed by atoms with Crippen LogP contribution < -0.4 is 15.2 Å². The quantitative estimate of drug-likeness (QED) is 0.123. The second-order valence-corrected chi connectivity index (χ2v) is 15.0. The van der Waals surface area contributed by atoms with E-state index in [1.54, 1.807) is 58.2 Å². The summed E-state index contributed by atoms with van der Waals surface area (Å²) in [6.45, 7) is 15.4. The first kappa shape index (κ1) is 41.1. The van der Waals surface area contributed by atoms with Crippen LogP contribution in [-0.2, 0) is 24.3 Å². The molecule has 1 saturated heterocycles. The molecule has 2 aliphatic rings. The number of sulfonamides is 1. The number of rotatable bonds is 9. The lowest BCUT2D eigenvalue weighted by Crippen LogP contribution is -2.45. The molecule has 3 atom stereocenters. The number of likely N-dealkylation sites (tertiary alicyclic amines) is 1. The predicted molar refractivity (Wildman–Crippen MR) is 203 cm³/mol. The highest BCUT2D eigenvalue weighted by atomic mass is 32.2. The molecule has 3 amide bonds. The van der Waals surface area contributed by atoms with E-state index in [2.05, 4.69) is 17.9 Å². The normalized spacial score (nSPS) is 18.0. The number of aryl methyl sites for hydroxylation is 1. The lowest BCUT2D eigenvalue weighted by atomic mass is 10.0. The van der Waals surface area contributed by atoms with Crippen LogP contribution in [0.2, 0.25) is 0 Å². The average Bonchev–Trinajstić information content (AvgIpc) is 3.73. The van der Waals surface area contributed by atoms with Crippen LogP contribution in [0, 0.1) is 18.8 Å². The summed E-state index contributed by atoms with van der Waals surface area (Å²) in [6, 6.07) is 22.7. The van der Waals surface area contributed by atoms with Crippen molar-refractivity contribution in [2.75, 3.05) is 13.7 Å². The summed E-state index contributed by atoms with van der Waals surface area (Å²) < 4.78 is 36.1. The number of hydrogen-bond donors (Lipinski definition) is 3. The van der Waals surface area contributed by atoms with E-state index < -0.39 is 39.6 Å². The van der Waals surface area contributed by atoms with Crippen LogP contribution in [0.3, 0.4) is 0 Å². The van der Waals surface area contributed by atoms with E-state index in [4.69, 9.17) is 15.2 Å². The number of aliphatic hydroxyl groups is 1. The largest absolute Gasteiger partial charge is 0.507 e. The number of methoxy groups -OCH3 is 1. The van der Waals surface area contributed by atoms with Crippen molar-refractivity contribution in [2.24, 2.45) is 17.6 Å². The summed E-state index contributed by atoms with van der Waals surface area (Å²) in [5.74, 6) is -0.0518. The first-order valence-electron chi connectivity index (χ1n) is 16.8. The molecular weight excluding hydrogens is 683 g/mol. The van der Waals surface area contributed by atoms with E-state index in [1.165, 1.54) is 17.0 Å². The van der Waals surface area contributed by atoms with Crippen molar-refractivity contribution in [3.05, 3.63) is 121 Å². The molecule has 3 aromatic rings. The number of nitrogens with one attached hydrogen (secondary N) is 1. The molecule has 1 saturated carbocycles. The Morgan fingerprint density at radius 2 is 1.63 bits per heavy atom. The van der Waals surface area contributed by atoms with Crippen molar-refractivity contribution in [2.45, 2.75) is 63.5 Å². The minimum absolute atomic E-state index is 0.101. The molecule has 4 N–H and O–H groups in total. The maximum absolute atomic E-state index is 11.8. The predicted octanol–water partition coefficient (Wildman–Crippen LogP) is 6.80. The van der Waals surface area contributed by atoms with Crippen LogP contribution in [0.25, 0.3) is 11.3 Å². The van der Waals surface area contributed by atoms with Gasteiger partial charge in [-0.1, -0.05) is 61.2 Å². The number of allylic oxidation sites excluding steroid dienone is 3. The van der Waals surface area contributed by atoms with Gasteiger partial charge in [-0.2, -0.15) is 0 Å². The summed E-state index contributed by atoms with van der Waals surface area (Å²) in [5, 5.41) is 10.3. The third kappa shape index (κ3) is 12.2. The van der Waals surface area contributed by atoms with Gasteiger partial charge in [-0.3, -0.25) is 14.5 Å². The van der Waals surface area contributed by atoms with Crippen molar-refractivity contribution in [1.82, 2.24) is 9.62 Å². The van der Waals surface area contributed by atoms with Crippen LogP contribution in [0.5, 0.6) is 5.75 Å². The molecule has 2 fully saturated rings. The number of primary amides is 1. The van der Waals surface area contributed by atoms with E-state index in [0.29, 0.717) is 19.4 Å². The number of benzene rings is 3. The molecule has 0 radical (unpaired) electrons. The zero-order valence-electron chi connectivity index (χ0n) is 30.4. The average molecular weight is 732 g/mol. The molecule has 0 spiro atoms. The van der Waals surface area contributed by atoms with Gasteiger partial charge in [0.05, 0.1) is 12.0 Å². The highest BCUT2D eigenvalue weighted by Gasteiger charge is 2.42. The summed E-state index contributed by atoms with van der Waals surface area (Å²) in [4.78, 5) is 35.9. The van der Waals surface area contributed by atoms with Crippen molar-refractivity contribution < 1.29 is 37.4 Å². The Bertz CT molecular complexity index is 1870. The first-order valence-corrected chi connectivity index (χ1v) is 18.3. The Kier molecular flexibility index (Phi) is 14.4. The van der Waals surface area contributed by atoms with Crippen molar-refractivity contribution in [1.29, 1.82) is 0 Å². The van der Waals surface area contributed by atoms with Crippen molar-refractivity contribution in [3.8, 4) is 5.75 Å². The van der Waals surface area contributed by atoms with E-state index >= 15 is 0 Å². The fraction of sp³-hybridized carbons (Fsp3) is 0.325. The Morgan fingerprint density at radius 3 is 2.15 bits per heavy atom. The fourth-order valence-corrected chi connectivity index (χ4v) is 6.32. The summed E-state index contributed by atoms with van der Waals surface area (Å²) in [5.41, 5.74) is 8.17. The SMILES string of the molecule is C=C(/C=C(/O)c1ccc(OC)cc1C)c1ccccc1.C=CC1CC1C(=O)NS(=O)(=O)c1ccccc1.CC(C)(C)OC(=O)N1CCCC1C(N)=O. The molecule has 3 aromatic carbocycles. The number of nitrogens with two attached hydrogens (primary N) is 1. The van der Waals surface area contributed by atoms with E-state index in [-0.39, 0.29) is 22.5 Å². The summed E-state index contributed by atoms with van der Waals surface area (Å²) in [7, 11) is -2.10. The van der Waals surface area contributed by atoms with Crippen LogP contribution >= 0.6 is 0 Å². The lowest BCUT2D eigenvalue weighted by molar-refractivity contribution is -0.122. The van der Waals surface area contributed by atoms with Gasteiger partial charge in [-0.15, -0.1) is 6.58 Å². The number of aliphatic hydroxyl groups excluding tert-OH is 1. The molecule has 0 bridgehead atoms. The number of nitrogens with zero attached hydrogens (tertiary/aromatic N) is 1. The van der Waals surface area contributed by atoms with Gasteiger partial charge in [0.1, 0.15) is 23.2 Å². The molecule has 5 rings (SSSR count). The Balaban J connectivity index is 0.000000213. The summed E-state index contributed by atoms with van der Waals surface area (Å²) in [6.07, 6.45) is 5.02. The van der Waals surface area contributed by atoms with Gasteiger partial charge < -0.3 is 20.3 Å². The van der Waals surface area contributed by atoms with Gasteiger partial charge in [0.25, 0.3) is 10.0 Å². The molecule has 1 aliphatic carbocycles. The summed E-state index contributed by atoms with van der Waals surface area (Å²) >= 11 is 0. The highest BCUT2D eigenvalue weighted by Crippen LogP contribution is 2.39. The lowest BCUT2D eigenvalue weighted by Gasteiger charge is -2.27.